The summed E-state index contributed by atoms with van der Waals surface area (Å²) in [6.07, 6.45) is 26.7. The average Bonchev–Trinajstić information content (AvgIpc) is 2.94. The van der Waals surface area contributed by atoms with Crippen LogP contribution in [0.3, 0.4) is 0 Å². The maximum atomic E-state index is 12.8. The monoisotopic (exact) mass is 552 g/mol. The molecule has 232 valence electrons. The first-order valence-corrected chi connectivity index (χ1v) is 17.2. The Bertz CT molecular complexity index is 519. The first kappa shape index (κ1) is 37.9. The predicted octanol–water partition coefficient (Wildman–Crippen LogP) is 8.85. The van der Waals surface area contributed by atoms with Crippen LogP contribution in [0.2, 0.25) is 0 Å². The second-order valence-electron chi connectivity index (χ2n) is 12.0. The number of amides is 2. The zero-order valence-electron chi connectivity index (χ0n) is 27.3. The van der Waals surface area contributed by atoms with E-state index >= 15 is 0 Å². The van der Waals surface area contributed by atoms with Gasteiger partial charge in [-0.2, -0.15) is 0 Å². The van der Waals surface area contributed by atoms with Crippen LogP contribution in [-0.2, 0) is 9.59 Å². The minimum atomic E-state index is 0.245. The smallest absolute Gasteiger partial charge is 0.223 e. The molecule has 0 aromatic carbocycles. The molecule has 0 aromatic heterocycles. The molecule has 0 radical (unpaired) electrons. The largest absolute Gasteiger partial charge is 0.346 e. The van der Waals surface area contributed by atoms with Crippen molar-refractivity contribution in [3.63, 3.8) is 0 Å². The van der Waals surface area contributed by atoms with Crippen molar-refractivity contribution >= 4 is 11.8 Å². The third-order valence-corrected chi connectivity index (χ3v) is 8.16. The summed E-state index contributed by atoms with van der Waals surface area (Å²) in [5.74, 6) is 0.489. The Balaban J connectivity index is 4.45. The molecule has 2 amide bonds. The van der Waals surface area contributed by atoms with Crippen molar-refractivity contribution < 1.29 is 9.59 Å². The van der Waals surface area contributed by atoms with E-state index in [-0.39, 0.29) is 11.8 Å². The number of carbonyl (C=O) groups excluding carboxylic acids is 2. The number of nitrogens with zero attached hydrogens (tertiary/aromatic N) is 3. The van der Waals surface area contributed by atoms with Crippen LogP contribution in [0.25, 0.3) is 0 Å². The maximum Gasteiger partial charge on any atom is 0.223 e. The van der Waals surface area contributed by atoms with Gasteiger partial charge in [0.2, 0.25) is 11.8 Å². The summed E-state index contributed by atoms with van der Waals surface area (Å²) in [6, 6.07) is 0. The molecule has 0 rings (SSSR count). The molecule has 5 heteroatoms. The van der Waals surface area contributed by atoms with Gasteiger partial charge in [0.15, 0.2) is 0 Å². The van der Waals surface area contributed by atoms with Crippen molar-refractivity contribution in [2.75, 3.05) is 46.8 Å². The minimum Gasteiger partial charge on any atom is -0.346 e. The van der Waals surface area contributed by atoms with Gasteiger partial charge in [0.25, 0.3) is 0 Å². The Morgan fingerprint density at radius 1 is 0.385 bits per heavy atom. The molecule has 0 N–H and O–H groups in total. The molecule has 0 atom stereocenters. The van der Waals surface area contributed by atoms with E-state index in [0.29, 0.717) is 12.8 Å². The molecule has 0 unspecified atom stereocenters. The van der Waals surface area contributed by atoms with Crippen LogP contribution in [0, 0.1) is 0 Å². The number of unbranched alkanes of at least 4 members (excludes halogenated alkanes) is 17. The van der Waals surface area contributed by atoms with Crippen LogP contribution in [0.4, 0.5) is 0 Å². The summed E-state index contributed by atoms with van der Waals surface area (Å²) in [4.78, 5) is 31.8. The number of carbonyl (C=O) groups is 2. The van der Waals surface area contributed by atoms with Crippen molar-refractivity contribution in [1.29, 1.82) is 0 Å². The molecule has 0 aliphatic rings. The van der Waals surface area contributed by atoms with E-state index in [4.69, 9.17) is 0 Å². The van der Waals surface area contributed by atoms with Crippen molar-refractivity contribution in [2.45, 2.75) is 162 Å². The van der Waals surface area contributed by atoms with Crippen molar-refractivity contribution in [3.05, 3.63) is 0 Å². The molecule has 5 nitrogen and oxygen atoms in total. The maximum absolute atomic E-state index is 12.8. The lowest BCUT2D eigenvalue weighted by molar-refractivity contribution is -0.130. The van der Waals surface area contributed by atoms with Crippen molar-refractivity contribution in [2.24, 2.45) is 0 Å². The molecule has 0 spiro atoms. The van der Waals surface area contributed by atoms with Crippen LogP contribution in [0.5, 0.6) is 0 Å². The fourth-order valence-corrected chi connectivity index (χ4v) is 5.20. The van der Waals surface area contributed by atoms with Crippen LogP contribution >= 0.6 is 0 Å². The number of hydrogen-bond donors (Lipinski definition) is 0. The topological polar surface area (TPSA) is 43.9 Å². The minimum absolute atomic E-state index is 0.245. The lowest BCUT2D eigenvalue weighted by Gasteiger charge is -2.25. The summed E-state index contributed by atoms with van der Waals surface area (Å²) in [5.41, 5.74) is 0. The Hall–Kier alpha value is -1.10. The molecule has 0 saturated heterocycles. The fourth-order valence-electron chi connectivity index (χ4n) is 5.20. The highest BCUT2D eigenvalue weighted by Gasteiger charge is 2.15. The molecule has 0 aliphatic carbocycles. The highest BCUT2D eigenvalue weighted by molar-refractivity contribution is 5.76. The molecule has 0 saturated carbocycles. The third kappa shape index (κ3) is 24.4. The SMILES string of the molecule is CCCCCCCCCCCCN(CCC(=O)N(C)CCCCCCC)CCC(=O)N(C)CCCCCCC. The van der Waals surface area contributed by atoms with Gasteiger partial charge in [0, 0.05) is 53.1 Å². The summed E-state index contributed by atoms with van der Waals surface area (Å²) in [5, 5.41) is 0. The van der Waals surface area contributed by atoms with Gasteiger partial charge >= 0.3 is 0 Å². The second-order valence-corrected chi connectivity index (χ2v) is 12.0. The van der Waals surface area contributed by atoms with Gasteiger partial charge in [-0.25, -0.2) is 0 Å². The number of hydrogen-bond acceptors (Lipinski definition) is 3. The molecule has 0 aliphatic heterocycles. The predicted molar refractivity (Wildman–Crippen MR) is 170 cm³/mol. The van der Waals surface area contributed by atoms with E-state index in [9.17, 15) is 9.59 Å². The van der Waals surface area contributed by atoms with Gasteiger partial charge in [-0.1, -0.05) is 130 Å². The molecule has 0 fully saturated rings. The molecule has 0 heterocycles. The van der Waals surface area contributed by atoms with Gasteiger partial charge in [0.05, 0.1) is 0 Å². The molecule has 0 aromatic rings. The van der Waals surface area contributed by atoms with Gasteiger partial charge in [0.1, 0.15) is 0 Å². The van der Waals surface area contributed by atoms with E-state index in [1.54, 1.807) is 0 Å². The Labute approximate surface area is 244 Å². The average molecular weight is 552 g/mol. The van der Waals surface area contributed by atoms with E-state index in [1.165, 1.54) is 116 Å². The standard InChI is InChI=1S/C34H69N3O2/c1-6-9-12-15-16-17-18-19-22-25-30-37(31-26-33(38)35(4)28-23-20-13-10-7-2)32-27-34(39)36(5)29-24-21-14-11-8-3/h6-32H2,1-5H3. The second kappa shape index (κ2) is 28.4. The summed E-state index contributed by atoms with van der Waals surface area (Å²) in [6.45, 7) is 11.0. The highest BCUT2D eigenvalue weighted by Crippen LogP contribution is 2.12. The van der Waals surface area contributed by atoms with Gasteiger partial charge in [-0.05, 0) is 25.8 Å². The molecule has 39 heavy (non-hydrogen) atoms. The summed E-state index contributed by atoms with van der Waals surface area (Å²) < 4.78 is 0. The van der Waals surface area contributed by atoms with Crippen LogP contribution in [0.15, 0.2) is 0 Å². The first-order valence-electron chi connectivity index (χ1n) is 17.2. The normalized spacial score (nSPS) is 11.3. The number of rotatable bonds is 29. The van der Waals surface area contributed by atoms with Crippen LogP contribution < -0.4 is 0 Å². The highest BCUT2D eigenvalue weighted by atomic mass is 16.2. The fraction of sp³-hybridized carbons (Fsp3) is 0.941. The quantitative estimate of drug-likeness (QED) is 0.0872. The zero-order chi connectivity index (χ0) is 29.0. The van der Waals surface area contributed by atoms with E-state index in [2.05, 4.69) is 25.7 Å². The first-order chi connectivity index (χ1) is 19.0. The van der Waals surface area contributed by atoms with Crippen molar-refractivity contribution in [1.82, 2.24) is 14.7 Å². The van der Waals surface area contributed by atoms with Crippen LogP contribution in [0.1, 0.15) is 162 Å². The zero-order valence-corrected chi connectivity index (χ0v) is 27.3. The molecule has 0 bridgehead atoms. The molecular formula is C34H69N3O2. The molecular weight excluding hydrogens is 482 g/mol. The van der Waals surface area contributed by atoms with Crippen LogP contribution in [-0.4, -0.2) is 73.3 Å². The van der Waals surface area contributed by atoms with E-state index in [0.717, 1.165) is 45.6 Å². The summed E-state index contributed by atoms with van der Waals surface area (Å²) >= 11 is 0. The van der Waals surface area contributed by atoms with Gasteiger partial charge < -0.3 is 14.7 Å². The Kier molecular flexibility index (Phi) is 27.6. The van der Waals surface area contributed by atoms with Crippen molar-refractivity contribution in [3.8, 4) is 0 Å². The third-order valence-electron chi connectivity index (χ3n) is 8.16. The lowest BCUT2D eigenvalue weighted by Crippen LogP contribution is -2.36. The van der Waals surface area contributed by atoms with Gasteiger partial charge in [-0.15, -0.1) is 0 Å². The Morgan fingerprint density at radius 2 is 0.667 bits per heavy atom. The van der Waals surface area contributed by atoms with E-state index in [1.807, 2.05) is 23.9 Å². The van der Waals surface area contributed by atoms with Gasteiger partial charge in [-0.3, -0.25) is 9.59 Å². The summed E-state index contributed by atoms with van der Waals surface area (Å²) in [7, 11) is 3.90. The Morgan fingerprint density at radius 3 is 1.00 bits per heavy atom. The van der Waals surface area contributed by atoms with E-state index < -0.39 is 0 Å². The lowest BCUT2D eigenvalue weighted by atomic mass is 10.1.